The number of aromatic nitrogens is 2. The fourth-order valence-corrected chi connectivity index (χ4v) is 1.12. The Kier molecular flexibility index (Phi) is 3.04. The zero-order chi connectivity index (χ0) is 8.97. The normalized spacial score (nSPS) is 9.75. The first-order chi connectivity index (χ1) is 5.68. The van der Waals surface area contributed by atoms with Crippen molar-refractivity contribution in [3.63, 3.8) is 0 Å². The standard InChI is InChI=1S/C7H9N3OS/c1-5-2-9-7(10-3-5)12-4-6(8)11/h2-3H,4H2,1H3,(H2,8,11). The van der Waals surface area contributed by atoms with Gasteiger partial charge < -0.3 is 5.73 Å². The van der Waals surface area contributed by atoms with Crippen molar-refractivity contribution in [2.75, 3.05) is 5.75 Å². The number of aryl methyl sites for hydroxylation is 1. The highest BCUT2D eigenvalue weighted by Gasteiger charge is 1.99. The molecule has 0 fully saturated rings. The monoisotopic (exact) mass is 183 g/mol. The molecule has 0 aliphatic heterocycles. The minimum Gasteiger partial charge on any atom is -0.369 e. The van der Waals surface area contributed by atoms with Crippen molar-refractivity contribution in [2.24, 2.45) is 5.73 Å². The molecule has 0 saturated heterocycles. The van der Waals surface area contributed by atoms with Gasteiger partial charge in [0.15, 0.2) is 5.16 Å². The summed E-state index contributed by atoms with van der Waals surface area (Å²) in [6.07, 6.45) is 3.41. The lowest BCUT2D eigenvalue weighted by Crippen LogP contribution is -2.13. The minimum absolute atomic E-state index is 0.225. The molecule has 1 aromatic heterocycles. The summed E-state index contributed by atoms with van der Waals surface area (Å²) >= 11 is 1.24. The van der Waals surface area contributed by atoms with Crippen LogP contribution < -0.4 is 5.73 Å². The van der Waals surface area contributed by atoms with Crippen LogP contribution in [0, 0.1) is 6.92 Å². The molecule has 12 heavy (non-hydrogen) atoms. The second kappa shape index (κ2) is 4.06. The number of nitrogens with zero attached hydrogens (tertiary/aromatic N) is 2. The second-order valence-electron chi connectivity index (χ2n) is 2.30. The van der Waals surface area contributed by atoms with Crippen LogP contribution in [0.2, 0.25) is 0 Å². The quantitative estimate of drug-likeness (QED) is 0.542. The van der Waals surface area contributed by atoms with E-state index >= 15 is 0 Å². The third kappa shape index (κ3) is 2.87. The van der Waals surface area contributed by atoms with E-state index < -0.39 is 0 Å². The molecule has 0 atom stereocenters. The Bertz CT molecular complexity index is 272. The fraction of sp³-hybridized carbons (Fsp3) is 0.286. The number of amides is 1. The molecule has 1 rings (SSSR count). The molecule has 5 heteroatoms. The molecule has 2 N–H and O–H groups in total. The first-order valence-electron chi connectivity index (χ1n) is 3.38. The molecule has 0 radical (unpaired) electrons. The van der Waals surface area contributed by atoms with E-state index in [9.17, 15) is 4.79 Å². The van der Waals surface area contributed by atoms with E-state index in [-0.39, 0.29) is 11.7 Å². The molecule has 0 aromatic carbocycles. The molecule has 1 aromatic rings. The second-order valence-corrected chi connectivity index (χ2v) is 3.24. The van der Waals surface area contributed by atoms with Crippen LogP contribution in [0.4, 0.5) is 0 Å². The van der Waals surface area contributed by atoms with Gasteiger partial charge >= 0.3 is 0 Å². The van der Waals surface area contributed by atoms with Crippen molar-refractivity contribution in [1.82, 2.24) is 9.97 Å². The van der Waals surface area contributed by atoms with Gasteiger partial charge in [0.1, 0.15) is 0 Å². The molecule has 0 spiro atoms. The van der Waals surface area contributed by atoms with Gasteiger partial charge in [-0.05, 0) is 12.5 Å². The van der Waals surface area contributed by atoms with E-state index in [2.05, 4.69) is 9.97 Å². The largest absolute Gasteiger partial charge is 0.369 e. The van der Waals surface area contributed by atoms with Crippen LogP contribution in [0.5, 0.6) is 0 Å². The maximum absolute atomic E-state index is 10.4. The lowest BCUT2D eigenvalue weighted by molar-refractivity contribution is -0.115. The van der Waals surface area contributed by atoms with E-state index in [1.54, 1.807) is 12.4 Å². The van der Waals surface area contributed by atoms with E-state index in [4.69, 9.17) is 5.73 Å². The lowest BCUT2D eigenvalue weighted by atomic mass is 10.4. The van der Waals surface area contributed by atoms with Crippen LogP contribution in [0.1, 0.15) is 5.56 Å². The highest BCUT2D eigenvalue weighted by Crippen LogP contribution is 2.10. The number of thioether (sulfide) groups is 1. The molecular weight excluding hydrogens is 174 g/mol. The van der Waals surface area contributed by atoms with Crippen LogP contribution in [-0.2, 0) is 4.79 Å². The summed E-state index contributed by atoms with van der Waals surface area (Å²) in [5.74, 6) is -0.132. The van der Waals surface area contributed by atoms with Crippen LogP contribution >= 0.6 is 11.8 Å². The summed E-state index contributed by atoms with van der Waals surface area (Å²) < 4.78 is 0. The smallest absolute Gasteiger partial charge is 0.227 e. The Labute approximate surface area is 74.6 Å². The molecule has 64 valence electrons. The fourth-order valence-electron chi connectivity index (χ4n) is 0.591. The third-order valence-corrected chi connectivity index (χ3v) is 2.00. The lowest BCUT2D eigenvalue weighted by Gasteiger charge is -1.96. The average molecular weight is 183 g/mol. The van der Waals surface area contributed by atoms with E-state index in [0.29, 0.717) is 5.16 Å². The molecule has 0 aliphatic carbocycles. The van der Waals surface area contributed by atoms with Crippen molar-refractivity contribution in [3.05, 3.63) is 18.0 Å². The van der Waals surface area contributed by atoms with Crippen LogP contribution in [0.25, 0.3) is 0 Å². The molecule has 0 saturated carbocycles. The molecular formula is C7H9N3OS. The van der Waals surface area contributed by atoms with E-state index in [1.807, 2.05) is 6.92 Å². The number of hydrogen-bond acceptors (Lipinski definition) is 4. The highest BCUT2D eigenvalue weighted by atomic mass is 32.2. The van der Waals surface area contributed by atoms with E-state index in [0.717, 1.165) is 5.56 Å². The van der Waals surface area contributed by atoms with Gasteiger partial charge in [-0.15, -0.1) is 0 Å². The zero-order valence-electron chi connectivity index (χ0n) is 6.65. The van der Waals surface area contributed by atoms with Gasteiger partial charge in [-0.1, -0.05) is 11.8 Å². The van der Waals surface area contributed by atoms with Gasteiger partial charge in [-0.25, -0.2) is 9.97 Å². The maximum Gasteiger partial charge on any atom is 0.227 e. The molecule has 4 nitrogen and oxygen atoms in total. The van der Waals surface area contributed by atoms with Crippen molar-refractivity contribution >= 4 is 17.7 Å². The van der Waals surface area contributed by atoms with Crippen LogP contribution in [0.3, 0.4) is 0 Å². The number of primary amides is 1. The first kappa shape index (κ1) is 8.99. The SMILES string of the molecule is Cc1cnc(SCC(N)=O)nc1. The van der Waals surface area contributed by atoms with Gasteiger partial charge in [0.2, 0.25) is 5.91 Å². The summed E-state index contributed by atoms with van der Waals surface area (Å²) in [6.45, 7) is 1.91. The maximum atomic E-state index is 10.4. The Morgan fingerprint density at radius 2 is 2.17 bits per heavy atom. The summed E-state index contributed by atoms with van der Waals surface area (Å²) in [6, 6.07) is 0. The van der Waals surface area contributed by atoms with Gasteiger partial charge in [0.25, 0.3) is 0 Å². The number of hydrogen-bond donors (Lipinski definition) is 1. The minimum atomic E-state index is -0.357. The highest BCUT2D eigenvalue weighted by molar-refractivity contribution is 7.99. The summed E-state index contributed by atoms with van der Waals surface area (Å²) in [5.41, 5.74) is 5.95. The average Bonchev–Trinajstić information content (AvgIpc) is 2.03. The predicted octanol–water partition coefficient (Wildman–Crippen LogP) is 0.362. The van der Waals surface area contributed by atoms with Crippen LogP contribution in [-0.4, -0.2) is 21.6 Å². The van der Waals surface area contributed by atoms with Gasteiger partial charge in [0, 0.05) is 12.4 Å². The Morgan fingerprint density at radius 3 is 2.67 bits per heavy atom. The van der Waals surface area contributed by atoms with Crippen molar-refractivity contribution in [1.29, 1.82) is 0 Å². The third-order valence-electron chi connectivity index (χ3n) is 1.10. The van der Waals surface area contributed by atoms with E-state index in [1.165, 1.54) is 11.8 Å². The van der Waals surface area contributed by atoms with Crippen molar-refractivity contribution in [2.45, 2.75) is 12.1 Å². The summed E-state index contributed by atoms with van der Waals surface area (Å²) in [4.78, 5) is 18.4. The number of rotatable bonds is 3. The van der Waals surface area contributed by atoms with Gasteiger partial charge in [0.05, 0.1) is 5.75 Å². The zero-order valence-corrected chi connectivity index (χ0v) is 7.47. The molecule has 0 unspecified atom stereocenters. The predicted molar refractivity (Wildman–Crippen MR) is 46.7 cm³/mol. The van der Waals surface area contributed by atoms with Gasteiger partial charge in [-0.2, -0.15) is 0 Å². The summed E-state index contributed by atoms with van der Waals surface area (Å²) in [7, 11) is 0. The van der Waals surface area contributed by atoms with Crippen molar-refractivity contribution in [3.8, 4) is 0 Å². The molecule has 1 heterocycles. The first-order valence-corrected chi connectivity index (χ1v) is 4.37. The topological polar surface area (TPSA) is 68.9 Å². The molecule has 0 bridgehead atoms. The van der Waals surface area contributed by atoms with Crippen LogP contribution in [0.15, 0.2) is 17.6 Å². The Hall–Kier alpha value is -1.10. The Balaban J connectivity index is 2.53. The van der Waals surface area contributed by atoms with Crippen molar-refractivity contribution < 1.29 is 4.79 Å². The number of nitrogens with two attached hydrogens (primary N) is 1. The van der Waals surface area contributed by atoms with Gasteiger partial charge in [-0.3, -0.25) is 4.79 Å². The number of carbonyl (C=O) groups is 1. The molecule has 0 aliphatic rings. The summed E-state index contributed by atoms with van der Waals surface area (Å²) in [5, 5.41) is 0.583. The molecule has 1 amide bonds. The number of carbonyl (C=O) groups excluding carboxylic acids is 1. The Morgan fingerprint density at radius 1 is 1.58 bits per heavy atom.